The summed E-state index contributed by atoms with van der Waals surface area (Å²) in [4.78, 5) is 11.7. The summed E-state index contributed by atoms with van der Waals surface area (Å²) < 4.78 is 11.1. The Kier molecular flexibility index (Phi) is 9.62. The van der Waals surface area contributed by atoms with Gasteiger partial charge >= 0.3 is 0 Å². The largest absolute Gasteiger partial charge is 0.493 e. The van der Waals surface area contributed by atoms with Crippen LogP contribution in [-0.4, -0.2) is 50.9 Å². The van der Waals surface area contributed by atoms with E-state index in [0.717, 1.165) is 54.7 Å². The Bertz CT molecular complexity index is 865. The lowest BCUT2D eigenvalue weighted by molar-refractivity contribution is 0.171. The topological polar surface area (TPSA) is 71.0 Å². The van der Waals surface area contributed by atoms with Crippen molar-refractivity contribution < 1.29 is 9.47 Å². The van der Waals surface area contributed by atoms with Crippen molar-refractivity contribution in [2.24, 2.45) is 4.99 Å². The number of pyridine rings is 1. The van der Waals surface area contributed by atoms with Gasteiger partial charge in [0.2, 0.25) is 0 Å². The quantitative estimate of drug-likeness (QED) is 0.316. The van der Waals surface area contributed by atoms with Crippen molar-refractivity contribution in [3.05, 3.63) is 53.2 Å². The third-order valence-electron chi connectivity index (χ3n) is 5.42. The van der Waals surface area contributed by atoms with E-state index in [4.69, 9.17) is 14.5 Å². The van der Waals surface area contributed by atoms with Crippen molar-refractivity contribution in [2.75, 3.05) is 44.9 Å². The van der Waals surface area contributed by atoms with E-state index in [0.29, 0.717) is 26.3 Å². The van der Waals surface area contributed by atoms with Crippen molar-refractivity contribution in [3.63, 3.8) is 0 Å². The van der Waals surface area contributed by atoms with Gasteiger partial charge in [0.15, 0.2) is 5.96 Å². The first kappa shape index (κ1) is 23.9. The monoisotopic (exact) mass is 439 g/mol. The number of aromatic nitrogens is 1. The molecule has 0 aliphatic carbocycles. The molecule has 0 unspecified atom stereocenters. The van der Waals surface area contributed by atoms with Crippen LogP contribution in [0.1, 0.15) is 42.9 Å². The van der Waals surface area contributed by atoms with E-state index in [1.165, 1.54) is 18.4 Å². The van der Waals surface area contributed by atoms with Crippen molar-refractivity contribution in [1.82, 2.24) is 15.6 Å². The van der Waals surface area contributed by atoms with Crippen LogP contribution in [0.25, 0.3) is 0 Å². The molecule has 0 bridgehead atoms. The molecule has 174 valence electrons. The number of anilines is 1. The molecule has 7 heteroatoms. The molecule has 2 N–H and O–H groups in total. The van der Waals surface area contributed by atoms with Crippen LogP contribution in [0.5, 0.6) is 5.75 Å². The number of methoxy groups -OCH3 is 1. The van der Waals surface area contributed by atoms with Crippen molar-refractivity contribution in [1.29, 1.82) is 0 Å². The lowest BCUT2D eigenvalue weighted by atomic mass is 10.1. The van der Waals surface area contributed by atoms with Gasteiger partial charge in [0, 0.05) is 58.1 Å². The number of nitrogens with one attached hydrogen (secondary N) is 2. The fourth-order valence-electron chi connectivity index (χ4n) is 3.70. The minimum absolute atomic E-state index is 0.604. The first-order valence-corrected chi connectivity index (χ1v) is 11.6. The van der Waals surface area contributed by atoms with Crippen molar-refractivity contribution in [2.45, 2.75) is 46.2 Å². The zero-order chi connectivity index (χ0) is 22.6. The molecule has 3 rings (SSSR count). The lowest BCUT2D eigenvalue weighted by Gasteiger charge is -2.17. The maximum absolute atomic E-state index is 6.01. The molecular weight excluding hydrogens is 402 g/mol. The summed E-state index contributed by atoms with van der Waals surface area (Å²) >= 11 is 0. The number of nitrogens with zero attached hydrogens (tertiary/aromatic N) is 3. The van der Waals surface area contributed by atoms with Gasteiger partial charge in [-0.15, -0.1) is 0 Å². The normalized spacial score (nSPS) is 14.0. The fraction of sp³-hybridized carbons (Fsp3) is 0.520. The number of guanidine groups is 1. The van der Waals surface area contributed by atoms with Gasteiger partial charge in [0.25, 0.3) is 0 Å². The Labute approximate surface area is 192 Å². The van der Waals surface area contributed by atoms with E-state index in [1.54, 1.807) is 7.11 Å². The van der Waals surface area contributed by atoms with Crippen molar-refractivity contribution >= 4 is 11.8 Å². The summed E-state index contributed by atoms with van der Waals surface area (Å²) in [5.74, 6) is 2.76. The molecule has 2 heterocycles. The fourth-order valence-corrected chi connectivity index (χ4v) is 3.70. The smallest absolute Gasteiger partial charge is 0.191 e. The Balaban J connectivity index is 1.62. The van der Waals surface area contributed by atoms with Crippen LogP contribution in [0.4, 0.5) is 5.82 Å². The minimum Gasteiger partial charge on any atom is -0.493 e. The van der Waals surface area contributed by atoms with Crippen LogP contribution in [-0.2, 0) is 17.8 Å². The molecular formula is C25H37N5O2. The number of benzene rings is 1. The molecule has 0 amide bonds. The Morgan fingerprint density at radius 2 is 1.97 bits per heavy atom. The standard InChI is InChI=1S/C25H37N5O2/c1-4-26-25(28-18-21-10-11-27-24(17-21)30-12-5-6-13-30)29-19-22-9-8-20(2)16-23(22)32-15-7-14-31-3/h8-11,16-17H,4-7,12-15,18-19H2,1-3H3,(H2,26,28,29). The molecule has 0 saturated carbocycles. The van der Waals surface area contributed by atoms with Crippen LogP contribution in [0, 0.1) is 6.92 Å². The zero-order valence-electron chi connectivity index (χ0n) is 19.7. The number of aliphatic imine (C=N–C) groups is 1. The van der Waals surface area contributed by atoms with Gasteiger partial charge in [0.05, 0.1) is 13.2 Å². The minimum atomic E-state index is 0.604. The van der Waals surface area contributed by atoms with Gasteiger partial charge in [-0.3, -0.25) is 0 Å². The third-order valence-corrected chi connectivity index (χ3v) is 5.42. The number of hydrogen-bond acceptors (Lipinski definition) is 5. The molecule has 1 aliphatic heterocycles. The lowest BCUT2D eigenvalue weighted by Crippen LogP contribution is -2.36. The number of ether oxygens (including phenoxy) is 2. The third kappa shape index (κ3) is 7.41. The van der Waals surface area contributed by atoms with Crippen LogP contribution >= 0.6 is 0 Å². The highest BCUT2D eigenvalue weighted by Crippen LogP contribution is 2.21. The average Bonchev–Trinajstić information content (AvgIpc) is 3.35. The number of hydrogen-bond donors (Lipinski definition) is 2. The SMILES string of the molecule is CCNC(=NCc1ccnc(N2CCCC2)c1)NCc1ccc(C)cc1OCCCOC. The molecule has 7 nitrogen and oxygen atoms in total. The van der Waals surface area contributed by atoms with E-state index in [1.807, 2.05) is 12.3 Å². The van der Waals surface area contributed by atoms with Crippen LogP contribution in [0.2, 0.25) is 0 Å². The van der Waals surface area contributed by atoms with Gasteiger partial charge in [-0.2, -0.15) is 0 Å². The molecule has 2 aromatic rings. The predicted octanol–water partition coefficient (Wildman–Crippen LogP) is 3.66. The first-order chi connectivity index (χ1) is 15.7. The molecule has 1 saturated heterocycles. The van der Waals surface area contributed by atoms with Gasteiger partial charge in [-0.25, -0.2) is 9.98 Å². The van der Waals surface area contributed by atoms with Gasteiger partial charge in [-0.05, 0) is 56.0 Å². The molecule has 1 aliphatic rings. The van der Waals surface area contributed by atoms with Gasteiger partial charge in [0.1, 0.15) is 11.6 Å². The molecule has 32 heavy (non-hydrogen) atoms. The summed E-state index contributed by atoms with van der Waals surface area (Å²) in [6.07, 6.45) is 5.25. The second-order valence-corrected chi connectivity index (χ2v) is 8.07. The van der Waals surface area contributed by atoms with Crippen LogP contribution in [0.15, 0.2) is 41.5 Å². The number of rotatable bonds is 11. The van der Waals surface area contributed by atoms with Gasteiger partial charge < -0.3 is 25.0 Å². The van der Waals surface area contributed by atoms with E-state index < -0.39 is 0 Å². The molecule has 1 aromatic carbocycles. The van der Waals surface area contributed by atoms with E-state index in [9.17, 15) is 0 Å². The highest BCUT2D eigenvalue weighted by molar-refractivity contribution is 5.79. The molecule has 1 fully saturated rings. The Morgan fingerprint density at radius 1 is 1.12 bits per heavy atom. The zero-order valence-corrected chi connectivity index (χ0v) is 19.7. The maximum atomic E-state index is 6.01. The van der Waals surface area contributed by atoms with Crippen LogP contribution < -0.4 is 20.3 Å². The van der Waals surface area contributed by atoms with Crippen LogP contribution in [0.3, 0.4) is 0 Å². The summed E-state index contributed by atoms with van der Waals surface area (Å²) in [6, 6.07) is 10.5. The van der Waals surface area contributed by atoms with E-state index in [2.05, 4.69) is 58.6 Å². The summed E-state index contributed by atoms with van der Waals surface area (Å²) in [5, 5.41) is 6.79. The molecule has 0 atom stereocenters. The molecule has 0 spiro atoms. The molecule has 0 radical (unpaired) electrons. The number of aryl methyl sites for hydroxylation is 1. The average molecular weight is 440 g/mol. The first-order valence-electron chi connectivity index (χ1n) is 11.6. The summed E-state index contributed by atoms with van der Waals surface area (Å²) in [7, 11) is 1.71. The Morgan fingerprint density at radius 3 is 2.75 bits per heavy atom. The second-order valence-electron chi connectivity index (χ2n) is 8.07. The molecule has 1 aromatic heterocycles. The Hall–Kier alpha value is -2.80. The highest BCUT2D eigenvalue weighted by atomic mass is 16.5. The summed E-state index contributed by atoms with van der Waals surface area (Å²) in [6.45, 7) is 9.72. The second kappa shape index (κ2) is 12.9. The van der Waals surface area contributed by atoms with Crippen molar-refractivity contribution in [3.8, 4) is 5.75 Å². The summed E-state index contributed by atoms with van der Waals surface area (Å²) in [5.41, 5.74) is 3.46. The highest BCUT2D eigenvalue weighted by Gasteiger charge is 2.13. The van der Waals surface area contributed by atoms with Gasteiger partial charge in [-0.1, -0.05) is 12.1 Å². The maximum Gasteiger partial charge on any atom is 0.191 e. The predicted molar refractivity (Wildman–Crippen MR) is 131 cm³/mol. The van der Waals surface area contributed by atoms with E-state index in [-0.39, 0.29) is 0 Å². The van der Waals surface area contributed by atoms with E-state index >= 15 is 0 Å².